The zero-order valence-electron chi connectivity index (χ0n) is 6.14. The van der Waals surface area contributed by atoms with Crippen molar-refractivity contribution in [1.82, 2.24) is 0 Å². The van der Waals surface area contributed by atoms with E-state index in [1.807, 2.05) is 0 Å². The molecule has 0 aromatic carbocycles. The highest BCUT2D eigenvalue weighted by molar-refractivity contribution is 14.1. The molecule has 1 atom stereocenters. The fourth-order valence-electron chi connectivity index (χ4n) is 0.889. The normalized spacial score (nSPS) is 13.0. The van der Waals surface area contributed by atoms with Gasteiger partial charge < -0.3 is 5.11 Å². The molecule has 3 heteroatoms. The Morgan fingerprint density at radius 2 is 2.30 bits per heavy atom. The van der Waals surface area contributed by atoms with E-state index in [2.05, 4.69) is 29.5 Å². The molecular weight excluding hydrogens is 243 g/mol. The van der Waals surface area contributed by atoms with Crippen molar-refractivity contribution in [1.29, 1.82) is 0 Å². The number of halogens is 1. The predicted molar refractivity (Wildman–Crippen MR) is 49.5 cm³/mol. The Labute approximate surface area is 75.1 Å². The van der Waals surface area contributed by atoms with Gasteiger partial charge in [0.1, 0.15) is 0 Å². The molecule has 2 nitrogen and oxygen atoms in total. The highest BCUT2D eigenvalue weighted by Crippen LogP contribution is 2.13. The third-order valence-corrected chi connectivity index (χ3v) is 2.62. The smallest absolute Gasteiger partial charge is 0.303 e. The van der Waals surface area contributed by atoms with Crippen molar-refractivity contribution < 1.29 is 9.90 Å². The van der Waals surface area contributed by atoms with Crippen LogP contribution in [0.4, 0.5) is 0 Å². The molecule has 60 valence electrons. The molecule has 0 radical (unpaired) electrons. The maximum Gasteiger partial charge on any atom is 0.303 e. The largest absolute Gasteiger partial charge is 0.481 e. The molecule has 10 heavy (non-hydrogen) atoms. The summed E-state index contributed by atoms with van der Waals surface area (Å²) in [6.07, 6.45) is 2.45. The van der Waals surface area contributed by atoms with Crippen molar-refractivity contribution in [2.45, 2.75) is 26.2 Å². The lowest BCUT2D eigenvalue weighted by atomic mass is 10.0. The van der Waals surface area contributed by atoms with Crippen LogP contribution in [-0.4, -0.2) is 15.5 Å². The third-order valence-electron chi connectivity index (χ3n) is 1.38. The summed E-state index contributed by atoms with van der Waals surface area (Å²) in [7, 11) is 0. The van der Waals surface area contributed by atoms with E-state index in [0.717, 1.165) is 17.3 Å². The fourth-order valence-corrected chi connectivity index (χ4v) is 1.64. The van der Waals surface area contributed by atoms with E-state index in [1.54, 1.807) is 0 Å². The minimum atomic E-state index is -0.671. The van der Waals surface area contributed by atoms with E-state index in [0.29, 0.717) is 12.3 Å². The van der Waals surface area contributed by atoms with Crippen molar-refractivity contribution >= 4 is 28.6 Å². The minimum Gasteiger partial charge on any atom is -0.481 e. The van der Waals surface area contributed by atoms with E-state index in [1.165, 1.54) is 0 Å². The van der Waals surface area contributed by atoms with Gasteiger partial charge in [0.05, 0.1) is 0 Å². The Morgan fingerprint density at radius 1 is 1.70 bits per heavy atom. The van der Waals surface area contributed by atoms with Crippen LogP contribution >= 0.6 is 22.6 Å². The third kappa shape index (κ3) is 5.02. The summed E-state index contributed by atoms with van der Waals surface area (Å²) in [6, 6.07) is 0. The first kappa shape index (κ1) is 10.2. The molecule has 0 fully saturated rings. The topological polar surface area (TPSA) is 37.3 Å². The van der Waals surface area contributed by atoms with E-state index in [9.17, 15) is 4.79 Å². The Hall–Kier alpha value is 0.200. The molecule has 0 aromatic rings. The van der Waals surface area contributed by atoms with E-state index in [4.69, 9.17) is 5.11 Å². The van der Waals surface area contributed by atoms with E-state index < -0.39 is 5.97 Å². The molecule has 0 saturated carbocycles. The molecular formula is C7H13IO2. The second-order valence-electron chi connectivity index (χ2n) is 2.41. The summed E-state index contributed by atoms with van der Waals surface area (Å²) in [5, 5.41) is 8.44. The van der Waals surface area contributed by atoms with E-state index >= 15 is 0 Å². The average molecular weight is 256 g/mol. The summed E-state index contributed by atoms with van der Waals surface area (Å²) in [5.74, 6) is -0.293. The van der Waals surface area contributed by atoms with Crippen LogP contribution in [0.5, 0.6) is 0 Å². The van der Waals surface area contributed by atoms with Gasteiger partial charge >= 0.3 is 5.97 Å². The van der Waals surface area contributed by atoms with Crippen LogP contribution in [0.2, 0.25) is 0 Å². The molecule has 0 bridgehead atoms. The van der Waals surface area contributed by atoms with Gasteiger partial charge in [-0.05, 0) is 12.3 Å². The second kappa shape index (κ2) is 5.95. The van der Waals surface area contributed by atoms with Crippen LogP contribution in [0.3, 0.4) is 0 Å². The number of carboxylic acids is 1. The molecule has 0 aliphatic carbocycles. The molecule has 0 aliphatic heterocycles. The Kier molecular flexibility index (Phi) is 6.06. The average Bonchev–Trinajstić information content (AvgIpc) is 1.86. The summed E-state index contributed by atoms with van der Waals surface area (Å²) in [4.78, 5) is 10.2. The second-order valence-corrected chi connectivity index (χ2v) is 3.29. The molecule has 0 aromatic heterocycles. The van der Waals surface area contributed by atoms with Crippen molar-refractivity contribution in [2.24, 2.45) is 5.92 Å². The molecule has 0 amide bonds. The maximum atomic E-state index is 10.2. The van der Waals surface area contributed by atoms with Gasteiger partial charge in [0.25, 0.3) is 0 Å². The summed E-state index contributed by atoms with van der Waals surface area (Å²) in [6.45, 7) is 2.08. The molecule has 0 aliphatic rings. The molecule has 0 rings (SSSR count). The van der Waals surface area contributed by atoms with Gasteiger partial charge in [-0.25, -0.2) is 0 Å². The van der Waals surface area contributed by atoms with Crippen LogP contribution in [0.15, 0.2) is 0 Å². The van der Waals surface area contributed by atoms with Crippen LogP contribution in [0.25, 0.3) is 0 Å². The summed E-state index contributed by atoms with van der Waals surface area (Å²) >= 11 is 2.24. The van der Waals surface area contributed by atoms with Crippen LogP contribution in [0, 0.1) is 5.92 Å². The Bertz CT molecular complexity index is 104. The van der Waals surface area contributed by atoms with Gasteiger partial charge in [0, 0.05) is 10.8 Å². The lowest BCUT2D eigenvalue weighted by Gasteiger charge is -2.08. The van der Waals surface area contributed by atoms with Gasteiger partial charge in [0.15, 0.2) is 0 Å². The number of hydrogen-bond donors (Lipinski definition) is 1. The first-order valence-electron chi connectivity index (χ1n) is 3.48. The highest BCUT2D eigenvalue weighted by Gasteiger charge is 2.09. The molecule has 1 N–H and O–H groups in total. The molecule has 0 heterocycles. The minimum absolute atomic E-state index is 0.330. The maximum absolute atomic E-state index is 10.2. The molecule has 0 unspecified atom stereocenters. The van der Waals surface area contributed by atoms with Crippen LogP contribution in [-0.2, 0) is 4.79 Å². The number of hydrogen-bond acceptors (Lipinski definition) is 1. The van der Waals surface area contributed by atoms with Gasteiger partial charge in [-0.3, -0.25) is 4.79 Å². The predicted octanol–water partition coefficient (Wildman–Crippen LogP) is 2.31. The van der Waals surface area contributed by atoms with Crippen LogP contribution < -0.4 is 0 Å². The fraction of sp³-hybridized carbons (Fsp3) is 0.857. The number of carboxylic acid groups (broad SMARTS) is 1. The van der Waals surface area contributed by atoms with Crippen molar-refractivity contribution in [3.63, 3.8) is 0 Å². The van der Waals surface area contributed by atoms with Crippen LogP contribution in [0.1, 0.15) is 26.2 Å². The zero-order valence-corrected chi connectivity index (χ0v) is 8.30. The van der Waals surface area contributed by atoms with Gasteiger partial charge in [-0.15, -0.1) is 0 Å². The Morgan fingerprint density at radius 3 is 2.60 bits per heavy atom. The highest BCUT2D eigenvalue weighted by atomic mass is 127. The van der Waals surface area contributed by atoms with E-state index in [-0.39, 0.29) is 0 Å². The number of carbonyl (C=O) groups is 1. The zero-order chi connectivity index (χ0) is 7.98. The Balaban J connectivity index is 3.49. The van der Waals surface area contributed by atoms with Gasteiger partial charge in [-0.1, -0.05) is 35.9 Å². The number of rotatable bonds is 5. The quantitative estimate of drug-likeness (QED) is 0.605. The first-order valence-corrected chi connectivity index (χ1v) is 5.01. The SMILES string of the molecule is CCC[C@@H](CI)CC(=O)O. The summed E-state index contributed by atoms with van der Waals surface area (Å²) in [5.41, 5.74) is 0. The number of aliphatic carboxylic acids is 1. The number of alkyl halides is 1. The first-order chi connectivity index (χ1) is 4.70. The lowest BCUT2D eigenvalue weighted by molar-refractivity contribution is -0.137. The molecule has 0 spiro atoms. The van der Waals surface area contributed by atoms with Gasteiger partial charge in [0.2, 0.25) is 0 Å². The lowest BCUT2D eigenvalue weighted by Crippen LogP contribution is -2.08. The molecule has 0 saturated heterocycles. The van der Waals surface area contributed by atoms with Crippen molar-refractivity contribution in [2.75, 3.05) is 4.43 Å². The van der Waals surface area contributed by atoms with Crippen molar-refractivity contribution in [3.05, 3.63) is 0 Å². The standard InChI is InChI=1S/C7H13IO2/c1-2-3-6(5-8)4-7(9)10/h6H,2-5H2,1H3,(H,9,10)/t6-/m1/s1. The summed E-state index contributed by atoms with van der Waals surface area (Å²) < 4.78 is 0.956. The van der Waals surface area contributed by atoms with Crippen molar-refractivity contribution in [3.8, 4) is 0 Å². The monoisotopic (exact) mass is 256 g/mol. The van der Waals surface area contributed by atoms with Gasteiger partial charge in [-0.2, -0.15) is 0 Å².